The number of fused-ring (bicyclic) bond motifs is 1. The first-order chi connectivity index (χ1) is 11.8. The molecular weight excluding hydrogens is 372 g/mol. The van der Waals surface area contributed by atoms with Crippen molar-refractivity contribution >= 4 is 31.1 Å². The zero-order valence-electron chi connectivity index (χ0n) is 13.2. The first-order valence-corrected chi connectivity index (χ1v) is 10.6. The number of aromatic amines is 2. The Kier molecular flexibility index (Phi) is 4.97. The van der Waals surface area contributed by atoms with Gasteiger partial charge < -0.3 is 14.7 Å². The summed E-state index contributed by atoms with van der Waals surface area (Å²) >= 11 is 0. The van der Waals surface area contributed by atoms with Crippen LogP contribution in [0.1, 0.15) is 0 Å². The van der Waals surface area contributed by atoms with E-state index in [4.69, 9.17) is 4.74 Å². The van der Waals surface area contributed by atoms with Crippen molar-refractivity contribution in [2.45, 2.75) is 4.90 Å². The van der Waals surface area contributed by atoms with E-state index in [2.05, 4.69) is 14.7 Å². The Morgan fingerprint density at radius 2 is 1.76 bits per heavy atom. The predicted molar refractivity (Wildman–Crippen MR) is 90.3 cm³/mol. The third kappa shape index (κ3) is 4.10. The smallest absolute Gasteiger partial charge is 0.323 e. The first-order valence-electron chi connectivity index (χ1n) is 7.55. The van der Waals surface area contributed by atoms with E-state index in [1.165, 1.54) is 22.5 Å². The molecule has 1 aliphatic heterocycles. The van der Waals surface area contributed by atoms with Crippen molar-refractivity contribution in [3.8, 4) is 0 Å². The molecule has 25 heavy (non-hydrogen) atoms. The van der Waals surface area contributed by atoms with Crippen LogP contribution in [0.25, 0.3) is 11.0 Å². The second-order valence-corrected chi connectivity index (χ2v) is 9.37. The van der Waals surface area contributed by atoms with Gasteiger partial charge in [-0.2, -0.15) is 4.31 Å². The van der Waals surface area contributed by atoms with Gasteiger partial charge in [-0.15, -0.1) is 0 Å². The number of benzene rings is 1. The van der Waals surface area contributed by atoms with Crippen LogP contribution < -0.4 is 10.4 Å². The molecule has 1 saturated heterocycles. The Bertz CT molecular complexity index is 1020. The Morgan fingerprint density at radius 1 is 1.08 bits per heavy atom. The maximum absolute atomic E-state index is 12.3. The van der Waals surface area contributed by atoms with Crippen molar-refractivity contribution < 1.29 is 21.6 Å². The van der Waals surface area contributed by atoms with Crippen molar-refractivity contribution in [3.05, 3.63) is 28.7 Å². The van der Waals surface area contributed by atoms with Gasteiger partial charge in [0.05, 0.1) is 34.9 Å². The molecule has 1 fully saturated rings. The molecule has 1 aliphatic rings. The van der Waals surface area contributed by atoms with Gasteiger partial charge in [0.2, 0.25) is 20.0 Å². The third-order valence-corrected chi connectivity index (χ3v) is 7.14. The van der Waals surface area contributed by atoms with Gasteiger partial charge in [0.25, 0.3) is 0 Å². The Balaban J connectivity index is 1.67. The van der Waals surface area contributed by atoms with Gasteiger partial charge >= 0.3 is 5.69 Å². The van der Waals surface area contributed by atoms with E-state index in [1.54, 1.807) is 0 Å². The van der Waals surface area contributed by atoms with Crippen LogP contribution in [0, 0.1) is 0 Å². The van der Waals surface area contributed by atoms with Crippen molar-refractivity contribution in [2.24, 2.45) is 0 Å². The van der Waals surface area contributed by atoms with Gasteiger partial charge in [-0.05, 0) is 18.2 Å². The Morgan fingerprint density at radius 3 is 2.48 bits per heavy atom. The number of nitrogens with zero attached hydrogens (tertiary/aromatic N) is 1. The van der Waals surface area contributed by atoms with Crippen LogP contribution in [-0.2, 0) is 24.8 Å². The maximum atomic E-state index is 12.3. The van der Waals surface area contributed by atoms with Crippen molar-refractivity contribution in [3.63, 3.8) is 0 Å². The summed E-state index contributed by atoms with van der Waals surface area (Å²) in [6.07, 6.45) is 0. The van der Waals surface area contributed by atoms with E-state index >= 15 is 0 Å². The fraction of sp³-hybridized carbons (Fsp3) is 0.462. The number of aromatic nitrogens is 2. The van der Waals surface area contributed by atoms with E-state index < -0.39 is 25.7 Å². The van der Waals surface area contributed by atoms with Gasteiger partial charge in [0.1, 0.15) is 0 Å². The molecule has 10 nitrogen and oxygen atoms in total. The summed E-state index contributed by atoms with van der Waals surface area (Å²) in [5.41, 5.74) is 0.404. The number of nitrogens with one attached hydrogen (secondary N) is 3. The molecule has 1 aromatic heterocycles. The number of rotatable bonds is 6. The molecular formula is C13H18N4O6S2. The first kappa shape index (κ1) is 18.1. The molecule has 0 saturated carbocycles. The van der Waals surface area contributed by atoms with E-state index in [0.717, 1.165) is 0 Å². The number of hydrogen-bond acceptors (Lipinski definition) is 6. The van der Waals surface area contributed by atoms with E-state index in [1.807, 2.05) is 0 Å². The lowest BCUT2D eigenvalue weighted by atomic mass is 10.3. The van der Waals surface area contributed by atoms with Gasteiger partial charge in [-0.25, -0.2) is 26.4 Å². The molecule has 0 amide bonds. The summed E-state index contributed by atoms with van der Waals surface area (Å²) in [5, 5.41) is 0. The number of ether oxygens (including phenoxy) is 1. The molecule has 2 aromatic rings. The number of imidazole rings is 1. The van der Waals surface area contributed by atoms with Crippen LogP contribution in [0.15, 0.2) is 27.9 Å². The van der Waals surface area contributed by atoms with Crippen LogP contribution >= 0.6 is 0 Å². The summed E-state index contributed by atoms with van der Waals surface area (Å²) in [6, 6.07) is 4.11. The summed E-state index contributed by atoms with van der Waals surface area (Å²) in [5.74, 6) is -0.338. The quantitative estimate of drug-likeness (QED) is 0.565. The molecule has 0 bridgehead atoms. The van der Waals surface area contributed by atoms with Crippen molar-refractivity contribution in [1.29, 1.82) is 0 Å². The summed E-state index contributed by atoms with van der Waals surface area (Å²) in [7, 11) is -7.43. The van der Waals surface area contributed by atoms with E-state index in [-0.39, 0.29) is 30.3 Å². The second-order valence-electron chi connectivity index (χ2n) is 5.51. The van der Waals surface area contributed by atoms with Crippen molar-refractivity contribution in [1.82, 2.24) is 19.0 Å². The van der Waals surface area contributed by atoms with Gasteiger partial charge in [0, 0.05) is 19.6 Å². The van der Waals surface area contributed by atoms with Gasteiger partial charge in [0.15, 0.2) is 0 Å². The number of hydrogen-bond donors (Lipinski definition) is 3. The van der Waals surface area contributed by atoms with Crippen LogP contribution in [0.4, 0.5) is 0 Å². The largest absolute Gasteiger partial charge is 0.379 e. The molecule has 3 N–H and O–H groups in total. The monoisotopic (exact) mass is 390 g/mol. The second kappa shape index (κ2) is 6.88. The fourth-order valence-electron chi connectivity index (χ4n) is 2.52. The molecule has 0 radical (unpaired) electrons. The Hall–Kier alpha value is -1.73. The molecule has 3 rings (SSSR count). The summed E-state index contributed by atoms with van der Waals surface area (Å²) < 4.78 is 57.6. The Labute approximate surface area is 144 Å². The zero-order chi connectivity index (χ0) is 18.1. The number of sulfonamides is 2. The SMILES string of the molecule is O=c1[nH]c2ccc(S(=O)(=O)NCCS(=O)(=O)N3CCOCC3)cc2[nH]1. The molecule has 0 unspecified atom stereocenters. The highest BCUT2D eigenvalue weighted by Gasteiger charge is 2.25. The lowest BCUT2D eigenvalue weighted by molar-refractivity contribution is 0.0730. The highest BCUT2D eigenvalue weighted by molar-refractivity contribution is 7.90. The highest BCUT2D eigenvalue weighted by atomic mass is 32.2. The van der Waals surface area contributed by atoms with Crippen LogP contribution in [0.2, 0.25) is 0 Å². The fourth-order valence-corrected chi connectivity index (χ4v) is 5.03. The molecule has 1 aromatic carbocycles. The molecule has 0 atom stereocenters. The molecule has 0 aliphatic carbocycles. The van der Waals surface area contributed by atoms with Crippen LogP contribution in [0.5, 0.6) is 0 Å². The van der Waals surface area contributed by atoms with Crippen LogP contribution in [-0.4, -0.2) is 69.7 Å². The predicted octanol–water partition coefficient (Wildman–Crippen LogP) is -1.20. The zero-order valence-corrected chi connectivity index (χ0v) is 14.8. The molecule has 138 valence electrons. The third-order valence-electron chi connectivity index (χ3n) is 3.81. The standard InChI is InChI=1S/C13H18N4O6S2/c18-13-15-11-2-1-10(9-12(11)16-13)25(21,22)14-3-8-24(19,20)17-4-6-23-7-5-17/h1-2,9,14H,3-8H2,(H2,15,16,18). The average Bonchev–Trinajstić information content (AvgIpc) is 2.94. The minimum absolute atomic E-state index is 0.0565. The normalized spacial score (nSPS) is 17.1. The molecule has 0 spiro atoms. The minimum atomic E-state index is -3.89. The van der Waals surface area contributed by atoms with Gasteiger partial charge in [-0.1, -0.05) is 0 Å². The lowest BCUT2D eigenvalue weighted by Crippen LogP contribution is -2.43. The van der Waals surface area contributed by atoms with E-state index in [0.29, 0.717) is 24.2 Å². The van der Waals surface area contributed by atoms with Crippen molar-refractivity contribution in [2.75, 3.05) is 38.6 Å². The number of morpholine rings is 1. The maximum Gasteiger partial charge on any atom is 0.323 e. The summed E-state index contributed by atoms with van der Waals surface area (Å²) in [4.78, 5) is 16.2. The molecule has 12 heteroatoms. The number of H-pyrrole nitrogens is 2. The van der Waals surface area contributed by atoms with Crippen LogP contribution in [0.3, 0.4) is 0 Å². The average molecular weight is 390 g/mol. The topological polar surface area (TPSA) is 141 Å². The lowest BCUT2D eigenvalue weighted by Gasteiger charge is -2.26. The van der Waals surface area contributed by atoms with Gasteiger partial charge in [-0.3, -0.25) is 0 Å². The molecule has 2 heterocycles. The van der Waals surface area contributed by atoms with E-state index in [9.17, 15) is 21.6 Å². The summed E-state index contributed by atoms with van der Waals surface area (Å²) in [6.45, 7) is 0.961. The highest BCUT2D eigenvalue weighted by Crippen LogP contribution is 2.15. The minimum Gasteiger partial charge on any atom is -0.379 e.